The molecule has 0 aliphatic heterocycles. The van der Waals surface area contributed by atoms with Gasteiger partial charge in [0.2, 0.25) is 5.75 Å². The molecule has 0 bridgehead atoms. The van der Waals surface area contributed by atoms with Crippen molar-refractivity contribution in [1.29, 1.82) is 0 Å². The molecule has 0 aliphatic rings. The molecule has 0 aliphatic carbocycles. The summed E-state index contributed by atoms with van der Waals surface area (Å²) in [5.41, 5.74) is 2.88. The van der Waals surface area contributed by atoms with E-state index in [1.807, 2.05) is 0 Å². The third-order valence-corrected chi connectivity index (χ3v) is 9.00. The first kappa shape index (κ1) is 42.5. The number of para-hydroxylation sites is 2. The number of amides is 4. The van der Waals surface area contributed by atoms with Crippen molar-refractivity contribution in [3.8, 4) is 28.7 Å². The van der Waals surface area contributed by atoms with Crippen molar-refractivity contribution in [2.24, 2.45) is 0 Å². The Morgan fingerprint density at radius 3 is 1.12 bits per heavy atom. The zero-order chi connectivity index (χ0) is 43.1. The second kappa shape index (κ2) is 18.1. The number of benzene rings is 5. The van der Waals surface area contributed by atoms with Crippen LogP contribution in [-0.4, -0.2) is 64.1 Å². The first-order valence-electron chi connectivity index (χ1n) is 17.9. The maximum Gasteiger partial charge on any atom is 0.312 e. The molecule has 0 radical (unpaired) electrons. The standard InChI is InChI=1S/C43H43N5O11/c1-22-14-26(40(49)44-30-12-10-11-13-35(30)55-5)36(56-6)31(18-22)45-41(50)27-15-23(2)19-32(37(27)57-7)46-42(51)28-16-24(3)20-33(38(28)58-8)47-43(52)29-17-25(4)21-34(48(53)54)39(29)59-9/h10-21H,1-9H3,(H,44,49)(H,45,50)(H,46,51)(H,47,52). The van der Waals surface area contributed by atoms with Gasteiger partial charge in [-0.15, -0.1) is 0 Å². The molecule has 16 heteroatoms. The molecule has 4 N–H and O–H groups in total. The van der Waals surface area contributed by atoms with E-state index >= 15 is 0 Å². The highest BCUT2D eigenvalue weighted by Gasteiger charge is 2.28. The minimum absolute atomic E-state index is 0.00996. The number of anilines is 4. The van der Waals surface area contributed by atoms with Crippen LogP contribution in [0.5, 0.6) is 28.7 Å². The molecule has 16 nitrogen and oxygen atoms in total. The first-order chi connectivity index (χ1) is 28.1. The van der Waals surface area contributed by atoms with Crippen LogP contribution in [0.25, 0.3) is 0 Å². The van der Waals surface area contributed by atoms with E-state index in [1.54, 1.807) is 88.4 Å². The molecule has 0 atom stereocenters. The molecule has 0 aromatic heterocycles. The summed E-state index contributed by atoms with van der Waals surface area (Å²) in [5, 5.41) is 22.9. The Hall–Kier alpha value is -7.62. The molecule has 0 saturated carbocycles. The minimum Gasteiger partial charge on any atom is -0.495 e. The van der Waals surface area contributed by atoms with Gasteiger partial charge in [-0.05, 0) is 105 Å². The fourth-order valence-corrected chi connectivity index (χ4v) is 6.54. The molecule has 0 spiro atoms. The van der Waals surface area contributed by atoms with Crippen LogP contribution in [0, 0.1) is 37.8 Å². The topological polar surface area (TPSA) is 206 Å². The molecule has 59 heavy (non-hydrogen) atoms. The number of rotatable bonds is 14. The van der Waals surface area contributed by atoms with E-state index in [2.05, 4.69) is 21.3 Å². The number of methoxy groups -OCH3 is 5. The van der Waals surface area contributed by atoms with Crippen molar-refractivity contribution in [1.82, 2.24) is 0 Å². The summed E-state index contributed by atoms with van der Waals surface area (Å²) in [6.45, 7) is 6.80. The fourth-order valence-electron chi connectivity index (χ4n) is 6.54. The molecule has 5 aromatic rings. The zero-order valence-electron chi connectivity index (χ0n) is 33.9. The van der Waals surface area contributed by atoms with Crippen LogP contribution in [0.2, 0.25) is 0 Å². The van der Waals surface area contributed by atoms with Crippen molar-refractivity contribution < 1.29 is 47.8 Å². The summed E-state index contributed by atoms with van der Waals surface area (Å²) in [6.07, 6.45) is 0. The second-order valence-corrected chi connectivity index (χ2v) is 13.3. The molecular weight excluding hydrogens is 762 g/mol. The summed E-state index contributed by atoms with van der Waals surface area (Å²) in [6, 6.07) is 19.3. The summed E-state index contributed by atoms with van der Waals surface area (Å²) in [5.74, 6) is -2.21. The minimum atomic E-state index is -0.741. The summed E-state index contributed by atoms with van der Waals surface area (Å²) >= 11 is 0. The normalized spacial score (nSPS) is 10.5. The SMILES string of the molecule is COc1ccccc1NC(=O)c1cc(C)cc(NC(=O)c2cc(C)cc(NC(=O)c3cc(C)cc(NC(=O)c4cc(C)cc([N+](=O)[O-])c4OC)c3OC)c2OC)c1OC. The summed E-state index contributed by atoms with van der Waals surface area (Å²) in [4.78, 5) is 66.3. The molecule has 5 aromatic carbocycles. The zero-order valence-corrected chi connectivity index (χ0v) is 33.9. The Kier molecular flexibility index (Phi) is 13.0. The van der Waals surface area contributed by atoms with Gasteiger partial charge < -0.3 is 45.0 Å². The van der Waals surface area contributed by atoms with E-state index in [9.17, 15) is 29.3 Å². The van der Waals surface area contributed by atoms with Crippen LogP contribution in [0.15, 0.2) is 72.8 Å². The van der Waals surface area contributed by atoms with Crippen molar-refractivity contribution in [3.63, 3.8) is 0 Å². The molecule has 0 unspecified atom stereocenters. The molecule has 0 saturated heterocycles. The van der Waals surface area contributed by atoms with Gasteiger partial charge in [-0.25, -0.2) is 0 Å². The van der Waals surface area contributed by atoms with Gasteiger partial charge in [-0.2, -0.15) is 0 Å². The maximum absolute atomic E-state index is 14.0. The largest absolute Gasteiger partial charge is 0.495 e. The maximum atomic E-state index is 14.0. The van der Waals surface area contributed by atoms with Gasteiger partial charge in [0.05, 0.1) is 85.5 Å². The fraction of sp³-hybridized carbons (Fsp3) is 0.209. The average molecular weight is 806 g/mol. The van der Waals surface area contributed by atoms with Crippen LogP contribution in [0.4, 0.5) is 28.4 Å². The number of nitrogens with zero attached hydrogens (tertiary/aromatic N) is 1. The summed E-state index contributed by atoms with van der Waals surface area (Å²) in [7, 11) is 6.75. The van der Waals surface area contributed by atoms with Crippen LogP contribution in [0.1, 0.15) is 63.7 Å². The van der Waals surface area contributed by atoms with Crippen molar-refractivity contribution in [3.05, 3.63) is 127 Å². The van der Waals surface area contributed by atoms with Crippen molar-refractivity contribution >= 4 is 52.1 Å². The number of hydrogen-bond donors (Lipinski definition) is 4. The smallest absolute Gasteiger partial charge is 0.312 e. The summed E-state index contributed by atoms with van der Waals surface area (Å²) < 4.78 is 27.6. The lowest BCUT2D eigenvalue weighted by Gasteiger charge is -2.19. The second-order valence-electron chi connectivity index (χ2n) is 13.3. The van der Waals surface area contributed by atoms with Gasteiger partial charge in [0.25, 0.3) is 23.6 Å². The van der Waals surface area contributed by atoms with E-state index in [4.69, 9.17) is 23.7 Å². The van der Waals surface area contributed by atoms with Crippen LogP contribution >= 0.6 is 0 Å². The lowest BCUT2D eigenvalue weighted by Crippen LogP contribution is -2.20. The highest BCUT2D eigenvalue weighted by molar-refractivity contribution is 6.14. The number of carbonyl (C=O) groups is 4. The predicted molar refractivity (Wildman–Crippen MR) is 222 cm³/mol. The van der Waals surface area contributed by atoms with Crippen LogP contribution in [-0.2, 0) is 0 Å². The third-order valence-electron chi connectivity index (χ3n) is 9.00. The molecule has 0 heterocycles. The molecule has 5 rings (SSSR count). The van der Waals surface area contributed by atoms with E-state index in [0.717, 1.165) is 0 Å². The number of nitro benzene ring substituents is 1. The monoisotopic (exact) mass is 805 g/mol. The Bertz CT molecular complexity index is 2500. The van der Waals surface area contributed by atoms with Crippen molar-refractivity contribution in [2.75, 3.05) is 56.8 Å². The van der Waals surface area contributed by atoms with Gasteiger partial charge >= 0.3 is 5.69 Å². The molecular formula is C43H43N5O11. The van der Waals surface area contributed by atoms with Gasteiger partial charge in [-0.1, -0.05) is 12.1 Å². The average Bonchev–Trinajstić information content (AvgIpc) is 3.19. The lowest BCUT2D eigenvalue weighted by atomic mass is 10.0. The number of nitro groups is 1. The highest BCUT2D eigenvalue weighted by atomic mass is 16.6. The lowest BCUT2D eigenvalue weighted by molar-refractivity contribution is -0.385. The number of ether oxygens (including phenoxy) is 5. The van der Waals surface area contributed by atoms with Gasteiger partial charge in [0.1, 0.15) is 5.75 Å². The quantitative estimate of drug-likeness (QED) is 0.0627. The van der Waals surface area contributed by atoms with Crippen LogP contribution < -0.4 is 45.0 Å². The van der Waals surface area contributed by atoms with Crippen molar-refractivity contribution in [2.45, 2.75) is 27.7 Å². The van der Waals surface area contributed by atoms with E-state index in [-0.39, 0.29) is 68.0 Å². The number of aryl methyl sites for hydroxylation is 4. The Morgan fingerprint density at radius 2 is 0.780 bits per heavy atom. The predicted octanol–water partition coefficient (Wildman–Crippen LogP) is 7.88. The van der Waals surface area contributed by atoms with Gasteiger partial charge in [-0.3, -0.25) is 29.3 Å². The molecule has 0 fully saturated rings. The van der Waals surface area contributed by atoms with E-state index in [0.29, 0.717) is 33.7 Å². The Morgan fingerprint density at radius 1 is 0.458 bits per heavy atom. The van der Waals surface area contributed by atoms with E-state index in [1.165, 1.54) is 47.7 Å². The van der Waals surface area contributed by atoms with Crippen LogP contribution in [0.3, 0.4) is 0 Å². The number of nitrogens with one attached hydrogen (secondary N) is 4. The first-order valence-corrected chi connectivity index (χ1v) is 17.9. The Labute approximate surface area is 339 Å². The molecule has 4 amide bonds. The van der Waals surface area contributed by atoms with Gasteiger partial charge in [0, 0.05) is 6.07 Å². The van der Waals surface area contributed by atoms with Gasteiger partial charge in [0.15, 0.2) is 17.2 Å². The number of hydrogen-bond acceptors (Lipinski definition) is 11. The van der Waals surface area contributed by atoms with E-state index < -0.39 is 28.6 Å². The Balaban J connectivity index is 1.46. The molecule has 306 valence electrons. The number of carbonyl (C=O) groups excluding carboxylic acids is 4. The highest BCUT2D eigenvalue weighted by Crippen LogP contribution is 2.38. The third kappa shape index (κ3) is 9.17.